The summed E-state index contributed by atoms with van der Waals surface area (Å²) in [5.41, 5.74) is 4.24. The molecular formula is C2H6ClNO4S. The molecule has 0 bridgehead atoms. The molecule has 0 spiro atoms. The van der Waals surface area contributed by atoms with Crippen molar-refractivity contribution in [3.05, 3.63) is 0 Å². The van der Waals surface area contributed by atoms with Crippen molar-refractivity contribution < 1.29 is 17.8 Å². The SMILES string of the molecule is CS(=O)(=O)O.NC(=O)Cl. The molecule has 0 aromatic carbocycles. The molecule has 9 heavy (non-hydrogen) atoms. The molecule has 0 aromatic rings. The zero-order chi connectivity index (χ0) is 8.08. The average Bonchev–Trinajstić information content (AvgIpc) is 1.19. The second-order valence-electron chi connectivity index (χ2n) is 1.04. The molecule has 1 amide bonds. The lowest BCUT2D eigenvalue weighted by atomic mass is 11.5. The molecule has 0 aliphatic heterocycles. The highest BCUT2D eigenvalue weighted by molar-refractivity contribution is 7.85. The third-order valence-electron chi connectivity index (χ3n) is 0. The molecule has 56 valence electrons. The number of rotatable bonds is 0. The van der Waals surface area contributed by atoms with Gasteiger partial charge in [-0.3, -0.25) is 9.35 Å². The lowest BCUT2D eigenvalue weighted by Gasteiger charge is -1.69. The van der Waals surface area contributed by atoms with Gasteiger partial charge in [0.05, 0.1) is 6.26 Å². The Morgan fingerprint density at radius 3 is 1.67 bits per heavy atom. The summed E-state index contributed by atoms with van der Waals surface area (Å²) in [6, 6.07) is 0. The first-order valence-electron chi connectivity index (χ1n) is 1.61. The molecule has 0 aliphatic rings. The molecule has 0 saturated carbocycles. The summed E-state index contributed by atoms with van der Waals surface area (Å²) in [6.07, 6.45) is 0.715. The van der Waals surface area contributed by atoms with Gasteiger partial charge in [0.2, 0.25) is 0 Å². The molecule has 5 nitrogen and oxygen atoms in total. The standard InChI is InChI=1S/CH2ClNO.CH4O3S/c2-1(3)4;1-5(2,3)4/h(H2,3,4);1H3,(H,2,3,4). The van der Waals surface area contributed by atoms with Crippen LogP contribution in [0, 0.1) is 0 Å². The van der Waals surface area contributed by atoms with Crippen molar-refractivity contribution in [1.29, 1.82) is 0 Å². The Bertz CT molecular complexity index is 161. The van der Waals surface area contributed by atoms with Gasteiger partial charge >= 0.3 is 5.37 Å². The molecular weight excluding hydrogens is 170 g/mol. The van der Waals surface area contributed by atoms with Crippen molar-refractivity contribution in [3.63, 3.8) is 0 Å². The molecule has 0 rings (SSSR count). The zero-order valence-corrected chi connectivity index (χ0v) is 6.11. The van der Waals surface area contributed by atoms with Gasteiger partial charge in [-0.25, -0.2) is 0 Å². The number of hydrogen-bond acceptors (Lipinski definition) is 3. The third-order valence-corrected chi connectivity index (χ3v) is 0. The van der Waals surface area contributed by atoms with Crippen molar-refractivity contribution >= 4 is 27.1 Å². The van der Waals surface area contributed by atoms with Crippen LogP contribution in [0.25, 0.3) is 0 Å². The molecule has 7 heteroatoms. The van der Waals surface area contributed by atoms with E-state index in [9.17, 15) is 8.42 Å². The average molecular weight is 176 g/mol. The molecule has 0 saturated heterocycles. The summed E-state index contributed by atoms with van der Waals surface area (Å²) >= 11 is 4.41. The minimum Gasteiger partial charge on any atom is -0.356 e. The van der Waals surface area contributed by atoms with E-state index in [-0.39, 0.29) is 0 Å². The van der Waals surface area contributed by atoms with Gasteiger partial charge < -0.3 is 5.73 Å². The van der Waals surface area contributed by atoms with Crippen LogP contribution in [0.4, 0.5) is 4.79 Å². The smallest absolute Gasteiger partial charge is 0.311 e. The van der Waals surface area contributed by atoms with E-state index in [4.69, 9.17) is 9.35 Å². The number of carbonyl (C=O) groups excluding carboxylic acids is 1. The van der Waals surface area contributed by atoms with Gasteiger partial charge in [0.1, 0.15) is 0 Å². The van der Waals surface area contributed by atoms with Crippen LogP contribution in [-0.2, 0) is 10.1 Å². The normalized spacial score (nSPS) is 9.22. The maximum Gasteiger partial charge on any atom is 0.311 e. The summed E-state index contributed by atoms with van der Waals surface area (Å²) < 4.78 is 25.9. The monoisotopic (exact) mass is 175 g/mol. The van der Waals surface area contributed by atoms with E-state index < -0.39 is 15.5 Å². The van der Waals surface area contributed by atoms with Gasteiger partial charge in [-0.05, 0) is 11.6 Å². The number of primary amides is 1. The van der Waals surface area contributed by atoms with Gasteiger partial charge in [0, 0.05) is 0 Å². The molecule has 0 atom stereocenters. The largest absolute Gasteiger partial charge is 0.356 e. The minimum atomic E-state index is -3.67. The van der Waals surface area contributed by atoms with E-state index in [0.29, 0.717) is 6.26 Å². The first kappa shape index (κ1) is 11.5. The van der Waals surface area contributed by atoms with Crippen molar-refractivity contribution in [3.8, 4) is 0 Å². The lowest BCUT2D eigenvalue weighted by molar-refractivity contribution is 0.266. The molecule has 0 fully saturated rings. The van der Waals surface area contributed by atoms with Gasteiger partial charge in [0.15, 0.2) is 0 Å². The highest BCUT2D eigenvalue weighted by Gasteiger charge is 1.81. The molecule has 0 aromatic heterocycles. The van der Waals surface area contributed by atoms with Gasteiger partial charge in [-0.2, -0.15) is 8.42 Å². The summed E-state index contributed by atoms with van der Waals surface area (Å²) in [7, 11) is -3.67. The van der Waals surface area contributed by atoms with Gasteiger partial charge in [-0.15, -0.1) is 0 Å². The van der Waals surface area contributed by atoms with Gasteiger partial charge in [0.25, 0.3) is 10.1 Å². The van der Waals surface area contributed by atoms with Gasteiger partial charge in [-0.1, -0.05) is 0 Å². The predicted molar refractivity (Wildman–Crippen MR) is 32.9 cm³/mol. The Kier molecular flexibility index (Phi) is 5.78. The minimum absolute atomic E-state index is 0.715. The lowest BCUT2D eigenvalue weighted by Crippen LogP contribution is -1.94. The second kappa shape index (κ2) is 4.54. The molecule has 3 N–H and O–H groups in total. The summed E-state index contributed by atoms with van der Waals surface area (Å²) in [5.74, 6) is 0. The number of hydrogen-bond donors (Lipinski definition) is 2. The first-order valence-corrected chi connectivity index (χ1v) is 3.83. The summed E-state index contributed by atoms with van der Waals surface area (Å²) in [6.45, 7) is 0. The van der Waals surface area contributed by atoms with Crippen LogP contribution < -0.4 is 5.73 Å². The maximum absolute atomic E-state index is 9.19. The van der Waals surface area contributed by atoms with Crippen LogP contribution in [0.3, 0.4) is 0 Å². The van der Waals surface area contributed by atoms with Crippen LogP contribution >= 0.6 is 11.6 Å². The van der Waals surface area contributed by atoms with E-state index in [1.807, 2.05) is 0 Å². The Morgan fingerprint density at radius 1 is 1.67 bits per heavy atom. The highest BCUT2D eigenvalue weighted by atomic mass is 35.5. The number of amides is 1. The van der Waals surface area contributed by atoms with E-state index in [1.54, 1.807) is 0 Å². The topological polar surface area (TPSA) is 97.5 Å². The molecule has 0 aliphatic carbocycles. The quantitative estimate of drug-likeness (QED) is 0.303. The van der Waals surface area contributed by atoms with Crippen molar-refractivity contribution in [2.75, 3.05) is 6.26 Å². The Labute approximate surface area is 57.5 Å². The van der Waals surface area contributed by atoms with E-state index >= 15 is 0 Å². The molecule has 0 radical (unpaired) electrons. The predicted octanol–water partition coefficient (Wildman–Crippen LogP) is -0.192. The summed E-state index contributed by atoms with van der Waals surface area (Å²) in [5, 5.41) is -0.861. The number of halogens is 1. The Balaban J connectivity index is 0. The van der Waals surface area contributed by atoms with E-state index in [1.165, 1.54) is 0 Å². The number of nitrogens with two attached hydrogens (primary N) is 1. The fourth-order valence-corrected chi connectivity index (χ4v) is 0. The third kappa shape index (κ3) is 2260. The Morgan fingerprint density at radius 2 is 1.67 bits per heavy atom. The zero-order valence-electron chi connectivity index (χ0n) is 4.54. The van der Waals surface area contributed by atoms with E-state index in [0.717, 1.165) is 0 Å². The summed E-state index contributed by atoms with van der Waals surface area (Å²) in [4.78, 5) is 8.99. The van der Waals surface area contributed by atoms with E-state index in [2.05, 4.69) is 17.3 Å². The van der Waals surface area contributed by atoms with Crippen molar-refractivity contribution in [2.24, 2.45) is 5.73 Å². The van der Waals surface area contributed by atoms with Crippen LogP contribution in [0.2, 0.25) is 0 Å². The molecule has 0 heterocycles. The first-order chi connectivity index (χ1) is 3.73. The highest BCUT2D eigenvalue weighted by Crippen LogP contribution is 1.62. The van der Waals surface area contributed by atoms with Crippen molar-refractivity contribution in [2.45, 2.75) is 0 Å². The fraction of sp³-hybridized carbons (Fsp3) is 0.500. The van der Waals surface area contributed by atoms with Crippen LogP contribution in [0.15, 0.2) is 0 Å². The number of carbonyl (C=O) groups is 1. The van der Waals surface area contributed by atoms with Crippen molar-refractivity contribution in [1.82, 2.24) is 0 Å². The van der Waals surface area contributed by atoms with Crippen LogP contribution in [0.5, 0.6) is 0 Å². The van der Waals surface area contributed by atoms with Crippen LogP contribution in [0.1, 0.15) is 0 Å². The maximum atomic E-state index is 9.19. The van der Waals surface area contributed by atoms with Crippen LogP contribution in [-0.4, -0.2) is 24.6 Å². The fourth-order valence-electron chi connectivity index (χ4n) is 0. The Hall–Kier alpha value is -0.330. The second-order valence-corrected chi connectivity index (χ2v) is 2.88. The molecule has 0 unspecified atom stereocenters.